The van der Waals surface area contributed by atoms with Crippen LogP contribution in [0, 0.1) is 12.7 Å². The number of aryl methyl sites for hydroxylation is 1. The fraction of sp³-hybridized carbons (Fsp3) is 0.0500. The predicted octanol–water partition coefficient (Wildman–Crippen LogP) is 5.71. The van der Waals surface area contributed by atoms with E-state index in [1.54, 1.807) is 48.5 Å². The van der Waals surface area contributed by atoms with Crippen LogP contribution in [-0.2, 0) is 0 Å². The van der Waals surface area contributed by atoms with Crippen molar-refractivity contribution in [1.29, 1.82) is 0 Å². The first-order chi connectivity index (χ1) is 11.6. The Labute approximate surface area is 144 Å². The quantitative estimate of drug-likeness (QED) is 0.651. The highest BCUT2D eigenvalue weighted by Gasteiger charge is 2.13. The second kappa shape index (κ2) is 6.85. The van der Waals surface area contributed by atoms with Crippen LogP contribution >= 0.6 is 11.6 Å². The predicted molar refractivity (Wildman–Crippen MR) is 96.0 cm³/mol. The first-order valence-electron chi connectivity index (χ1n) is 7.47. The lowest BCUT2D eigenvalue weighted by Crippen LogP contribution is -2.12. The fourth-order valence-corrected chi connectivity index (χ4v) is 2.74. The summed E-state index contributed by atoms with van der Waals surface area (Å²) in [6.07, 6.45) is 0. The topological polar surface area (TPSA) is 29.1 Å². The summed E-state index contributed by atoms with van der Waals surface area (Å²) in [5.41, 5.74) is 3.02. The minimum Gasteiger partial charge on any atom is -0.322 e. The van der Waals surface area contributed by atoms with E-state index in [0.717, 1.165) is 5.56 Å². The maximum atomic E-state index is 14.1. The molecule has 0 fully saturated rings. The first-order valence-corrected chi connectivity index (χ1v) is 7.85. The molecule has 0 bridgehead atoms. The summed E-state index contributed by atoms with van der Waals surface area (Å²) in [5.74, 6) is -0.609. The Hall–Kier alpha value is -2.65. The molecule has 0 aromatic heterocycles. The van der Waals surface area contributed by atoms with E-state index < -0.39 is 5.82 Å². The van der Waals surface area contributed by atoms with E-state index in [9.17, 15) is 9.18 Å². The van der Waals surface area contributed by atoms with Crippen LogP contribution in [0.4, 0.5) is 10.1 Å². The van der Waals surface area contributed by atoms with Gasteiger partial charge in [0.05, 0.1) is 5.02 Å². The smallest absolute Gasteiger partial charge is 0.255 e. The molecule has 2 nitrogen and oxygen atoms in total. The molecule has 0 aliphatic heterocycles. The molecule has 3 rings (SSSR count). The van der Waals surface area contributed by atoms with Crippen LogP contribution in [-0.4, -0.2) is 5.91 Å². The number of hydrogen-bond donors (Lipinski definition) is 1. The van der Waals surface area contributed by atoms with Gasteiger partial charge >= 0.3 is 0 Å². The lowest BCUT2D eigenvalue weighted by atomic mass is 10.0. The number of amides is 1. The summed E-state index contributed by atoms with van der Waals surface area (Å²) in [7, 11) is 0. The van der Waals surface area contributed by atoms with E-state index in [-0.39, 0.29) is 5.91 Å². The number of hydrogen-bond acceptors (Lipinski definition) is 1. The van der Waals surface area contributed by atoms with E-state index in [2.05, 4.69) is 5.32 Å². The Kier molecular flexibility index (Phi) is 4.63. The van der Waals surface area contributed by atoms with Gasteiger partial charge in [0.1, 0.15) is 5.82 Å². The van der Waals surface area contributed by atoms with E-state index in [1.165, 1.54) is 6.07 Å². The van der Waals surface area contributed by atoms with Crippen molar-refractivity contribution >= 4 is 23.2 Å². The molecule has 0 spiro atoms. The summed E-state index contributed by atoms with van der Waals surface area (Å²) in [5, 5.41) is 3.20. The van der Waals surface area contributed by atoms with Gasteiger partial charge in [-0.3, -0.25) is 4.79 Å². The maximum absolute atomic E-state index is 14.1. The molecule has 3 aromatic carbocycles. The number of anilines is 1. The van der Waals surface area contributed by atoms with E-state index in [0.29, 0.717) is 27.4 Å². The van der Waals surface area contributed by atoms with Crippen LogP contribution in [0.3, 0.4) is 0 Å². The molecule has 4 heteroatoms. The Bertz CT molecular complexity index is 873. The van der Waals surface area contributed by atoms with Crippen LogP contribution in [0.2, 0.25) is 5.02 Å². The van der Waals surface area contributed by atoms with Crippen LogP contribution in [0.25, 0.3) is 11.1 Å². The summed E-state index contributed by atoms with van der Waals surface area (Å²) in [6.45, 7) is 1.88. The van der Waals surface area contributed by atoms with Gasteiger partial charge in [0.25, 0.3) is 5.91 Å². The Morgan fingerprint density at radius 3 is 2.46 bits per heavy atom. The molecule has 0 atom stereocenters. The molecule has 0 heterocycles. The second-order valence-corrected chi connectivity index (χ2v) is 5.85. The summed E-state index contributed by atoms with van der Waals surface area (Å²) in [4.78, 5) is 12.3. The fourth-order valence-electron chi connectivity index (χ4n) is 2.47. The van der Waals surface area contributed by atoms with Gasteiger partial charge in [-0.1, -0.05) is 48.0 Å². The average molecular weight is 340 g/mol. The van der Waals surface area contributed by atoms with Gasteiger partial charge in [-0.25, -0.2) is 4.39 Å². The monoisotopic (exact) mass is 339 g/mol. The zero-order valence-corrected chi connectivity index (χ0v) is 13.8. The van der Waals surface area contributed by atoms with Crippen LogP contribution in [0.1, 0.15) is 15.9 Å². The molecule has 0 unspecified atom stereocenters. The molecule has 0 radical (unpaired) electrons. The zero-order valence-electron chi connectivity index (χ0n) is 13.0. The van der Waals surface area contributed by atoms with E-state index in [4.69, 9.17) is 11.6 Å². The average Bonchev–Trinajstić information content (AvgIpc) is 2.58. The second-order valence-electron chi connectivity index (χ2n) is 5.45. The number of halogens is 2. The molecular weight excluding hydrogens is 325 g/mol. The van der Waals surface area contributed by atoms with Crippen molar-refractivity contribution < 1.29 is 9.18 Å². The van der Waals surface area contributed by atoms with Gasteiger partial charge in [-0.15, -0.1) is 0 Å². The van der Waals surface area contributed by atoms with Gasteiger partial charge in [0.15, 0.2) is 0 Å². The van der Waals surface area contributed by atoms with Gasteiger partial charge in [-0.2, -0.15) is 0 Å². The lowest BCUT2D eigenvalue weighted by molar-refractivity contribution is 0.102. The Morgan fingerprint density at radius 2 is 1.75 bits per heavy atom. The van der Waals surface area contributed by atoms with Crippen LogP contribution in [0.5, 0.6) is 0 Å². The summed E-state index contributed by atoms with van der Waals surface area (Å²) >= 11 is 6.13. The SMILES string of the molecule is Cc1ccc(-c2c(F)cccc2Cl)cc1NC(=O)c1ccccc1. The van der Waals surface area contributed by atoms with Gasteiger partial charge in [-0.05, 0) is 48.4 Å². The van der Waals surface area contributed by atoms with Crippen molar-refractivity contribution in [3.8, 4) is 11.1 Å². The van der Waals surface area contributed by atoms with Crippen molar-refractivity contribution in [3.05, 3.63) is 88.7 Å². The molecule has 24 heavy (non-hydrogen) atoms. The van der Waals surface area contributed by atoms with Crippen molar-refractivity contribution in [2.45, 2.75) is 6.92 Å². The molecule has 0 saturated heterocycles. The Balaban J connectivity index is 1.97. The maximum Gasteiger partial charge on any atom is 0.255 e. The highest BCUT2D eigenvalue weighted by Crippen LogP contribution is 2.33. The highest BCUT2D eigenvalue weighted by molar-refractivity contribution is 6.33. The number of benzene rings is 3. The molecule has 0 aliphatic carbocycles. The third kappa shape index (κ3) is 3.31. The van der Waals surface area contributed by atoms with Gasteiger partial charge in [0, 0.05) is 16.8 Å². The molecule has 120 valence electrons. The largest absolute Gasteiger partial charge is 0.322 e. The number of carbonyl (C=O) groups is 1. The van der Waals surface area contributed by atoms with Crippen molar-refractivity contribution in [2.24, 2.45) is 0 Å². The summed E-state index contributed by atoms with van der Waals surface area (Å²) < 4.78 is 14.1. The standard InChI is InChI=1S/C20H15ClFNO/c1-13-10-11-15(19-16(21)8-5-9-17(19)22)12-18(13)23-20(24)14-6-3-2-4-7-14/h2-12H,1H3,(H,23,24). The molecule has 0 aliphatic rings. The molecule has 1 N–H and O–H groups in total. The highest BCUT2D eigenvalue weighted by atomic mass is 35.5. The Morgan fingerprint density at radius 1 is 1.00 bits per heavy atom. The normalized spacial score (nSPS) is 10.5. The first kappa shape index (κ1) is 16.2. The van der Waals surface area contributed by atoms with Crippen LogP contribution in [0.15, 0.2) is 66.7 Å². The van der Waals surface area contributed by atoms with Crippen molar-refractivity contribution in [1.82, 2.24) is 0 Å². The van der Waals surface area contributed by atoms with E-state index in [1.807, 2.05) is 19.1 Å². The third-order valence-electron chi connectivity index (χ3n) is 3.77. The van der Waals surface area contributed by atoms with Gasteiger partial charge in [0.2, 0.25) is 0 Å². The minimum absolute atomic E-state index is 0.213. The molecule has 1 amide bonds. The minimum atomic E-state index is -0.397. The van der Waals surface area contributed by atoms with Crippen molar-refractivity contribution in [2.75, 3.05) is 5.32 Å². The number of nitrogens with one attached hydrogen (secondary N) is 1. The van der Waals surface area contributed by atoms with Crippen molar-refractivity contribution in [3.63, 3.8) is 0 Å². The summed E-state index contributed by atoms with van der Waals surface area (Å²) in [6, 6.07) is 18.9. The van der Waals surface area contributed by atoms with Gasteiger partial charge < -0.3 is 5.32 Å². The molecule has 3 aromatic rings. The number of carbonyl (C=O) groups excluding carboxylic acids is 1. The zero-order chi connectivity index (χ0) is 17.1. The van der Waals surface area contributed by atoms with E-state index >= 15 is 0 Å². The molecule has 0 saturated carbocycles. The van der Waals surface area contributed by atoms with Crippen LogP contribution < -0.4 is 5.32 Å². The third-order valence-corrected chi connectivity index (χ3v) is 4.09. The number of rotatable bonds is 3. The lowest BCUT2D eigenvalue weighted by Gasteiger charge is -2.12. The molecular formula is C20H15ClFNO.